The fourth-order valence-electron chi connectivity index (χ4n) is 1.88. The molecule has 0 spiro atoms. The van der Waals surface area contributed by atoms with Gasteiger partial charge in [-0.2, -0.15) is 0 Å². The Morgan fingerprint density at radius 3 is 2.73 bits per heavy atom. The van der Waals surface area contributed by atoms with Crippen LogP contribution in [0, 0.1) is 0 Å². The van der Waals surface area contributed by atoms with Crippen LogP contribution >= 0.6 is 15.9 Å². The molecule has 3 nitrogen and oxygen atoms in total. The Labute approximate surface area is 97.6 Å². The van der Waals surface area contributed by atoms with Gasteiger partial charge in [0.25, 0.3) is 0 Å². The lowest BCUT2D eigenvalue weighted by atomic mass is 9.97. The Bertz CT molecular complexity index is 364. The summed E-state index contributed by atoms with van der Waals surface area (Å²) in [6.07, 6.45) is 2.24. The molecule has 0 radical (unpaired) electrons. The molecule has 1 aliphatic rings. The largest absolute Gasteiger partial charge is 0.496 e. The third kappa shape index (κ3) is 1.89. The molecule has 0 aromatic heterocycles. The smallest absolute Gasteiger partial charge is 0.133 e. The Balaban J connectivity index is 2.36. The van der Waals surface area contributed by atoms with Crippen molar-refractivity contribution in [2.75, 3.05) is 13.7 Å². The van der Waals surface area contributed by atoms with Crippen molar-refractivity contribution >= 4 is 15.9 Å². The molecule has 0 atom stereocenters. The first-order valence-corrected chi connectivity index (χ1v) is 5.67. The fraction of sp³-hybridized carbons (Fsp3) is 0.455. The van der Waals surface area contributed by atoms with Crippen molar-refractivity contribution in [1.29, 1.82) is 0 Å². The topological polar surface area (TPSA) is 44.5 Å². The van der Waals surface area contributed by atoms with E-state index in [0.717, 1.165) is 23.1 Å². The Morgan fingerprint density at radius 1 is 1.47 bits per heavy atom. The minimum Gasteiger partial charge on any atom is -0.496 e. The summed E-state index contributed by atoms with van der Waals surface area (Å²) in [5.41, 5.74) is 1.33. The van der Waals surface area contributed by atoms with Crippen molar-refractivity contribution in [3.05, 3.63) is 28.2 Å². The van der Waals surface area contributed by atoms with Crippen molar-refractivity contribution < 1.29 is 9.57 Å². The van der Waals surface area contributed by atoms with Crippen LogP contribution in [0.3, 0.4) is 0 Å². The summed E-state index contributed by atoms with van der Waals surface area (Å²) in [5, 5.41) is 0. The zero-order valence-corrected chi connectivity index (χ0v) is 10.2. The second-order valence-corrected chi connectivity index (χ2v) is 4.71. The Morgan fingerprint density at radius 2 is 2.20 bits per heavy atom. The van der Waals surface area contributed by atoms with Crippen molar-refractivity contribution in [3.8, 4) is 5.75 Å². The van der Waals surface area contributed by atoms with Gasteiger partial charge in [-0.05, 0) is 40.4 Å². The van der Waals surface area contributed by atoms with Gasteiger partial charge >= 0.3 is 0 Å². The van der Waals surface area contributed by atoms with E-state index >= 15 is 0 Å². The summed E-state index contributed by atoms with van der Waals surface area (Å²) in [4.78, 5) is 4.79. The van der Waals surface area contributed by atoms with Gasteiger partial charge in [-0.1, -0.05) is 12.1 Å². The van der Waals surface area contributed by atoms with Crippen LogP contribution in [-0.2, 0) is 10.3 Å². The number of hydrogen-bond acceptors (Lipinski definition) is 3. The zero-order chi connectivity index (χ0) is 10.9. The molecule has 1 aliphatic carbocycles. The Hall–Kier alpha value is -0.580. The fourth-order valence-corrected chi connectivity index (χ4v) is 2.73. The predicted molar refractivity (Wildman–Crippen MR) is 61.7 cm³/mol. The molecule has 1 fully saturated rings. The van der Waals surface area contributed by atoms with Gasteiger partial charge in [-0.15, -0.1) is 0 Å². The van der Waals surface area contributed by atoms with Crippen molar-refractivity contribution in [3.63, 3.8) is 0 Å². The average molecular weight is 272 g/mol. The van der Waals surface area contributed by atoms with Gasteiger partial charge in [-0.3, -0.25) is 0 Å². The predicted octanol–water partition coefficient (Wildman–Crippen LogP) is 2.38. The molecule has 1 aromatic carbocycles. The van der Waals surface area contributed by atoms with Gasteiger partial charge in [-0.25, -0.2) is 5.90 Å². The number of rotatable bonds is 4. The van der Waals surface area contributed by atoms with Crippen molar-refractivity contribution in [1.82, 2.24) is 0 Å². The minimum absolute atomic E-state index is 0.0993. The molecule has 2 N–H and O–H groups in total. The normalized spacial score (nSPS) is 17.5. The van der Waals surface area contributed by atoms with Crippen LogP contribution in [0.15, 0.2) is 22.7 Å². The summed E-state index contributed by atoms with van der Waals surface area (Å²) in [7, 11) is 1.67. The highest BCUT2D eigenvalue weighted by Crippen LogP contribution is 2.51. The summed E-state index contributed by atoms with van der Waals surface area (Å²) >= 11 is 3.57. The van der Waals surface area contributed by atoms with E-state index in [2.05, 4.69) is 22.0 Å². The monoisotopic (exact) mass is 271 g/mol. The standard InChI is InChI=1S/C11H14BrNO2/c1-14-9-4-2-3-8(10(9)12)11(5-6-11)7-15-13/h2-4H,5-7,13H2,1H3. The zero-order valence-electron chi connectivity index (χ0n) is 8.63. The molecule has 15 heavy (non-hydrogen) atoms. The first-order valence-electron chi connectivity index (χ1n) is 4.88. The maximum atomic E-state index is 5.27. The van der Waals surface area contributed by atoms with E-state index < -0.39 is 0 Å². The van der Waals surface area contributed by atoms with E-state index in [9.17, 15) is 0 Å². The number of ether oxygens (including phenoxy) is 1. The SMILES string of the molecule is COc1cccc(C2(CON)CC2)c1Br. The molecule has 82 valence electrons. The molecular formula is C11H14BrNO2. The van der Waals surface area contributed by atoms with Gasteiger partial charge in [0.15, 0.2) is 0 Å². The molecule has 0 bridgehead atoms. The number of benzene rings is 1. The quantitative estimate of drug-likeness (QED) is 0.856. The molecule has 0 unspecified atom stereocenters. The van der Waals surface area contributed by atoms with Gasteiger partial charge in [0, 0.05) is 5.41 Å². The van der Waals surface area contributed by atoms with E-state index in [0.29, 0.717) is 6.61 Å². The first kappa shape index (κ1) is 10.9. The maximum Gasteiger partial charge on any atom is 0.133 e. The van der Waals surface area contributed by atoms with E-state index in [1.54, 1.807) is 7.11 Å². The van der Waals surface area contributed by atoms with Crippen LogP contribution in [0.2, 0.25) is 0 Å². The average Bonchev–Trinajstić information content (AvgIpc) is 3.00. The lowest BCUT2D eigenvalue weighted by molar-refractivity contribution is 0.116. The summed E-state index contributed by atoms with van der Waals surface area (Å²) in [6.45, 7) is 0.568. The van der Waals surface area contributed by atoms with E-state index in [-0.39, 0.29) is 5.41 Å². The lowest BCUT2D eigenvalue weighted by Gasteiger charge is -2.17. The van der Waals surface area contributed by atoms with E-state index in [1.807, 2.05) is 12.1 Å². The van der Waals surface area contributed by atoms with Gasteiger partial charge < -0.3 is 9.57 Å². The van der Waals surface area contributed by atoms with Crippen LogP contribution in [0.25, 0.3) is 0 Å². The molecule has 2 rings (SSSR count). The third-order valence-corrected chi connectivity index (χ3v) is 3.79. The highest BCUT2D eigenvalue weighted by molar-refractivity contribution is 9.10. The van der Waals surface area contributed by atoms with Crippen LogP contribution in [-0.4, -0.2) is 13.7 Å². The molecule has 0 amide bonds. The second kappa shape index (κ2) is 4.12. The van der Waals surface area contributed by atoms with Gasteiger partial charge in [0.05, 0.1) is 18.2 Å². The van der Waals surface area contributed by atoms with Crippen LogP contribution in [0.1, 0.15) is 18.4 Å². The van der Waals surface area contributed by atoms with Crippen molar-refractivity contribution in [2.45, 2.75) is 18.3 Å². The number of hydrogen-bond donors (Lipinski definition) is 1. The summed E-state index contributed by atoms with van der Waals surface area (Å²) < 4.78 is 6.28. The van der Waals surface area contributed by atoms with Gasteiger partial charge in [0.1, 0.15) is 5.75 Å². The van der Waals surface area contributed by atoms with Crippen LogP contribution < -0.4 is 10.6 Å². The molecular weight excluding hydrogens is 258 g/mol. The van der Waals surface area contributed by atoms with Crippen LogP contribution in [0.5, 0.6) is 5.75 Å². The molecule has 1 saturated carbocycles. The first-order chi connectivity index (χ1) is 7.23. The highest BCUT2D eigenvalue weighted by atomic mass is 79.9. The summed E-state index contributed by atoms with van der Waals surface area (Å²) in [6, 6.07) is 6.03. The highest BCUT2D eigenvalue weighted by Gasteiger charge is 2.46. The summed E-state index contributed by atoms with van der Waals surface area (Å²) in [5.74, 6) is 6.02. The lowest BCUT2D eigenvalue weighted by Crippen LogP contribution is -2.18. The number of methoxy groups -OCH3 is 1. The molecule has 1 aromatic rings. The Kier molecular flexibility index (Phi) is 3.00. The minimum atomic E-state index is 0.0993. The van der Waals surface area contributed by atoms with Crippen molar-refractivity contribution in [2.24, 2.45) is 5.90 Å². The number of nitrogens with two attached hydrogens (primary N) is 1. The molecule has 0 aliphatic heterocycles. The third-order valence-electron chi connectivity index (χ3n) is 2.97. The van der Waals surface area contributed by atoms with E-state index in [4.69, 9.17) is 15.5 Å². The van der Waals surface area contributed by atoms with Crippen LogP contribution in [0.4, 0.5) is 0 Å². The maximum absolute atomic E-state index is 5.27. The van der Waals surface area contributed by atoms with Gasteiger partial charge in [0.2, 0.25) is 0 Å². The second-order valence-electron chi connectivity index (χ2n) is 3.91. The molecule has 0 heterocycles. The number of halogens is 1. The molecule has 0 saturated heterocycles. The van der Waals surface area contributed by atoms with E-state index in [1.165, 1.54) is 5.56 Å². The molecule has 4 heteroatoms.